The summed E-state index contributed by atoms with van der Waals surface area (Å²) in [7, 11) is 1.76. The maximum Gasteiger partial charge on any atom is 0.181 e. The van der Waals surface area contributed by atoms with Crippen LogP contribution in [0.15, 0.2) is 48.5 Å². The molecule has 0 aliphatic heterocycles. The first-order valence-corrected chi connectivity index (χ1v) is 6.17. The van der Waals surface area contributed by atoms with Crippen molar-refractivity contribution in [3.05, 3.63) is 54.3 Å². The van der Waals surface area contributed by atoms with E-state index in [1.807, 2.05) is 30.3 Å². The van der Waals surface area contributed by atoms with Crippen molar-refractivity contribution >= 4 is 5.69 Å². The van der Waals surface area contributed by atoms with Crippen molar-refractivity contribution in [1.82, 2.24) is 14.8 Å². The third-order valence-electron chi connectivity index (χ3n) is 3.05. The number of rotatable bonds is 2. The van der Waals surface area contributed by atoms with Crippen molar-refractivity contribution in [3.63, 3.8) is 0 Å². The lowest BCUT2D eigenvalue weighted by Crippen LogP contribution is -1.98. The average molecular weight is 268 g/mol. The lowest BCUT2D eigenvalue weighted by Gasteiger charge is -2.04. The van der Waals surface area contributed by atoms with E-state index in [0.29, 0.717) is 22.9 Å². The van der Waals surface area contributed by atoms with Crippen molar-refractivity contribution in [2.24, 2.45) is 7.05 Å². The first kappa shape index (κ1) is 12.3. The number of anilines is 1. The molecule has 5 heteroatoms. The highest BCUT2D eigenvalue weighted by atomic mass is 19.1. The molecule has 4 nitrogen and oxygen atoms in total. The summed E-state index contributed by atoms with van der Waals surface area (Å²) in [6, 6.07) is 13.8. The van der Waals surface area contributed by atoms with Gasteiger partial charge < -0.3 is 5.73 Å². The molecular weight excluding hydrogens is 255 g/mol. The van der Waals surface area contributed by atoms with E-state index in [4.69, 9.17) is 5.73 Å². The first-order chi connectivity index (χ1) is 9.65. The minimum Gasteiger partial charge on any atom is -0.398 e. The number of hydrogen-bond acceptors (Lipinski definition) is 3. The van der Waals surface area contributed by atoms with Gasteiger partial charge in [0.15, 0.2) is 11.6 Å². The summed E-state index contributed by atoms with van der Waals surface area (Å²) >= 11 is 0. The van der Waals surface area contributed by atoms with Crippen molar-refractivity contribution in [2.75, 3.05) is 5.73 Å². The van der Waals surface area contributed by atoms with Crippen LogP contribution in [0, 0.1) is 5.82 Å². The molecule has 0 saturated carbocycles. The minimum atomic E-state index is -0.349. The van der Waals surface area contributed by atoms with Gasteiger partial charge in [-0.15, -0.1) is 0 Å². The predicted octanol–water partition coefficient (Wildman–Crippen LogP) is 2.87. The van der Waals surface area contributed by atoms with Crippen LogP contribution in [-0.2, 0) is 7.05 Å². The lowest BCUT2D eigenvalue weighted by molar-refractivity contribution is 0.628. The summed E-state index contributed by atoms with van der Waals surface area (Å²) < 4.78 is 15.0. The largest absolute Gasteiger partial charge is 0.398 e. The van der Waals surface area contributed by atoms with Gasteiger partial charge in [0.25, 0.3) is 0 Å². The van der Waals surface area contributed by atoms with E-state index < -0.39 is 0 Å². The molecule has 3 rings (SSSR count). The molecule has 3 aromatic rings. The van der Waals surface area contributed by atoms with Gasteiger partial charge in [-0.1, -0.05) is 30.3 Å². The maximum absolute atomic E-state index is 13.4. The molecule has 0 amide bonds. The molecule has 1 aromatic heterocycles. The molecular formula is C15H13FN4. The fourth-order valence-corrected chi connectivity index (χ4v) is 2.05. The van der Waals surface area contributed by atoms with Crippen LogP contribution in [0.5, 0.6) is 0 Å². The van der Waals surface area contributed by atoms with Crippen LogP contribution in [0.2, 0.25) is 0 Å². The summed E-state index contributed by atoms with van der Waals surface area (Å²) in [4.78, 5) is 4.46. The standard InChI is InChI=1S/C15H13FN4/c1-20-15(12-9-11(16)7-8-13(12)17)18-14(19-20)10-5-3-2-4-6-10/h2-9H,17H2,1H3. The Balaban J connectivity index is 2.12. The Labute approximate surface area is 115 Å². The van der Waals surface area contributed by atoms with E-state index in [1.54, 1.807) is 11.7 Å². The fraction of sp³-hybridized carbons (Fsp3) is 0.0667. The summed E-state index contributed by atoms with van der Waals surface area (Å²) in [5, 5.41) is 4.36. The molecule has 2 aromatic carbocycles. The number of nitrogens with two attached hydrogens (primary N) is 1. The van der Waals surface area contributed by atoms with E-state index in [-0.39, 0.29) is 5.82 Å². The normalized spacial score (nSPS) is 10.7. The molecule has 0 atom stereocenters. The Bertz CT molecular complexity index is 750. The number of benzene rings is 2. The second kappa shape index (κ2) is 4.77. The molecule has 0 saturated heterocycles. The van der Waals surface area contributed by atoms with Gasteiger partial charge in [0, 0.05) is 23.9 Å². The van der Waals surface area contributed by atoms with Gasteiger partial charge in [0.05, 0.1) is 0 Å². The van der Waals surface area contributed by atoms with Gasteiger partial charge in [-0.25, -0.2) is 14.1 Å². The molecule has 0 fully saturated rings. The quantitative estimate of drug-likeness (QED) is 0.727. The number of nitrogen functional groups attached to an aromatic ring is 1. The van der Waals surface area contributed by atoms with Crippen LogP contribution in [0.25, 0.3) is 22.8 Å². The van der Waals surface area contributed by atoms with Gasteiger partial charge in [-0.05, 0) is 18.2 Å². The summed E-state index contributed by atoms with van der Waals surface area (Å²) in [5.74, 6) is 0.783. The molecule has 0 aliphatic carbocycles. The third kappa shape index (κ3) is 2.14. The molecule has 2 N–H and O–H groups in total. The van der Waals surface area contributed by atoms with Crippen LogP contribution in [0.3, 0.4) is 0 Å². The van der Waals surface area contributed by atoms with E-state index >= 15 is 0 Å². The molecule has 0 spiro atoms. The second-order valence-electron chi connectivity index (χ2n) is 4.48. The molecule has 100 valence electrons. The smallest absolute Gasteiger partial charge is 0.181 e. The van der Waals surface area contributed by atoms with E-state index in [1.165, 1.54) is 18.2 Å². The topological polar surface area (TPSA) is 56.7 Å². The van der Waals surface area contributed by atoms with E-state index in [0.717, 1.165) is 5.56 Å². The van der Waals surface area contributed by atoms with Crippen molar-refractivity contribution in [1.29, 1.82) is 0 Å². The zero-order chi connectivity index (χ0) is 14.1. The SMILES string of the molecule is Cn1nc(-c2ccccc2)nc1-c1cc(F)ccc1N. The first-order valence-electron chi connectivity index (χ1n) is 6.17. The summed E-state index contributed by atoms with van der Waals surface area (Å²) in [6.45, 7) is 0. The van der Waals surface area contributed by atoms with Crippen molar-refractivity contribution in [3.8, 4) is 22.8 Å². The van der Waals surface area contributed by atoms with Crippen LogP contribution < -0.4 is 5.73 Å². The summed E-state index contributed by atoms with van der Waals surface area (Å²) in [5.41, 5.74) is 7.81. The van der Waals surface area contributed by atoms with Crippen LogP contribution in [0.4, 0.5) is 10.1 Å². The molecule has 0 bridgehead atoms. The Hall–Kier alpha value is -2.69. The zero-order valence-electron chi connectivity index (χ0n) is 10.9. The lowest BCUT2D eigenvalue weighted by atomic mass is 10.1. The maximum atomic E-state index is 13.4. The second-order valence-corrected chi connectivity index (χ2v) is 4.48. The third-order valence-corrected chi connectivity index (χ3v) is 3.05. The van der Waals surface area contributed by atoms with Crippen LogP contribution >= 0.6 is 0 Å². The Morgan fingerprint density at radius 2 is 1.85 bits per heavy atom. The molecule has 0 unspecified atom stereocenters. The molecule has 20 heavy (non-hydrogen) atoms. The number of halogens is 1. The monoisotopic (exact) mass is 268 g/mol. The van der Waals surface area contributed by atoms with Crippen LogP contribution in [-0.4, -0.2) is 14.8 Å². The summed E-state index contributed by atoms with van der Waals surface area (Å²) in [6.07, 6.45) is 0. The highest BCUT2D eigenvalue weighted by Gasteiger charge is 2.13. The van der Waals surface area contributed by atoms with Crippen LogP contribution in [0.1, 0.15) is 0 Å². The van der Waals surface area contributed by atoms with E-state index in [2.05, 4.69) is 10.1 Å². The average Bonchev–Trinajstić information content (AvgIpc) is 2.84. The Morgan fingerprint density at radius 3 is 2.60 bits per heavy atom. The predicted molar refractivity (Wildman–Crippen MR) is 76.2 cm³/mol. The fourth-order valence-electron chi connectivity index (χ4n) is 2.05. The number of aromatic nitrogens is 3. The van der Waals surface area contributed by atoms with Gasteiger partial charge >= 0.3 is 0 Å². The van der Waals surface area contributed by atoms with Crippen molar-refractivity contribution < 1.29 is 4.39 Å². The van der Waals surface area contributed by atoms with E-state index in [9.17, 15) is 4.39 Å². The number of hydrogen-bond donors (Lipinski definition) is 1. The van der Waals surface area contributed by atoms with Crippen molar-refractivity contribution in [2.45, 2.75) is 0 Å². The highest BCUT2D eigenvalue weighted by molar-refractivity contribution is 5.73. The van der Waals surface area contributed by atoms with Gasteiger partial charge in [-0.3, -0.25) is 0 Å². The van der Waals surface area contributed by atoms with Gasteiger partial charge in [-0.2, -0.15) is 5.10 Å². The molecule has 1 heterocycles. The zero-order valence-corrected chi connectivity index (χ0v) is 10.9. The molecule has 0 aliphatic rings. The number of aryl methyl sites for hydroxylation is 1. The molecule has 0 radical (unpaired) electrons. The van der Waals surface area contributed by atoms with Gasteiger partial charge in [0.2, 0.25) is 0 Å². The Morgan fingerprint density at radius 1 is 1.10 bits per heavy atom. The highest BCUT2D eigenvalue weighted by Crippen LogP contribution is 2.26. The Kier molecular flexibility index (Phi) is 2.95. The number of nitrogens with zero attached hydrogens (tertiary/aromatic N) is 3. The minimum absolute atomic E-state index is 0.349. The van der Waals surface area contributed by atoms with Gasteiger partial charge in [0.1, 0.15) is 5.82 Å².